The highest BCUT2D eigenvalue weighted by atomic mass is 35.5. The molecule has 0 radical (unpaired) electrons. The Balaban J connectivity index is 1.51. The van der Waals surface area contributed by atoms with Crippen LogP contribution in [-0.4, -0.2) is 41.9 Å². The first-order valence-corrected chi connectivity index (χ1v) is 10.5. The maximum atomic E-state index is 12.4. The first-order chi connectivity index (χ1) is 15.2. The summed E-state index contributed by atoms with van der Waals surface area (Å²) in [5.41, 5.74) is 5.23. The number of hydrogen-bond acceptors (Lipinski definition) is 5. The van der Waals surface area contributed by atoms with Gasteiger partial charge < -0.3 is 10.1 Å². The number of hydrogen-bond donors (Lipinski definition) is 2. The van der Waals surface area contributed by atoms with Gasteiger partial charge in [-0.15, -0.1) is 0 Å². The molecular formula is C22H21Cl2N3O5. The van der Waals surface area contributed by atoms with E-state index in [0.717, 1.165) is 16.1 Å². The molecule has 3 rings (SSSR count). The number of esters is 1. The lowest BCUT2D eigenvalue weighted by molar-refractivity contribution is -0.151. The van der Waals surface area contributed by atoms with Gasteiger partial charge in [0, 0.05) is 17.7 Å². The van der Waals surface area contributed by atoms with Gasteiger partial charge in [0.1, 0.15) is 0 Å². The molecule has 1 aliphatic rings. The van der Waals surface area contributed by atoms with Crippen molar-refractivity contribution in [2.45, 2.75) is 20.3 Å². The first-order valence-electron chi connectivity index (χ1n) is 9.75. The van der Waals surface area contributed by atoms with Gasteiger partial charge in [-0.1, -0.05) is 35.3 Å². The van der Waals surface area contributed by atoms with E-state index in [4.69, 9.17) is 27.9 Å². The van der Waals surface area contributed by atoms with Gasteiger partial charge in [0.25, 0.3) is 11.8 Å². The monoisotopic (exact) mass is 477 g/mol. The standard InChI is InChI=1S/C22H21Cl2N3O5/c1-12-4-3-5-18(13(12)2)25-19(28)11-32-22(31)15-9-20(29)27(10-15)26-21(30)14-6-7-16(23)17(24)8-14/h3-8,15H,9-11H2,1-2H3,(H,25,28)(H,26,30)/t15-/m1/s1. The number of carbonyl (C=O) groups excluding carboxylic acids is 4. The average molecular weight is 478 g/mol. The predicted molar refractivity (Wildman–Crippen MR) is 119 cm³/mol. The van der Waals surface area contributed by atoms with Crippen molar-refractivity contribution in [1.82, 2.24) is 10.4 Å². The number of hydrazine groups is 1. The SMILES string of the molecule is Cc1cccc(NC(=O)COC(=O)[C@@H]2CC(=O)N(NC(=O)c3ccc(Cl)c(Cl)c3)C2)c1C. The molecule has 168 valence electrons. The highest BCUT2D eigenvalue weighted by Gasteiger charge is 2.36. The van der Waals surface area contributed by atoms with E-state index in [2.05, 4.69) is 10.7 Å². The normalized spacial score (nSPS) is 15.4. The topological polar surface area (TPSA) is 105 Å². The van der Waals surface area contributed by atoms with Gasteiger partial charge in [0.05, 0.1) is 22.5 Å². The third kappa shape index (κ3) is 5.57. The van der Waals surface area contributed by atoms with E-state index < -0.39 is 36.2 Å². The summed E-state index contributed by atoms with van der Waals surface area (Å²) in [6.07, 6.45) is -0.140. The molecule has 0 aliphatic carbocycles. The second kappa shape index (κ2) is 10.0. The molecule has 1 atom stereocenters. The van der Waals surface area contributed by atoms with Crippen LogP contribution in [-0.2, 0) is 19.1 Å². The van der Waals surface area contributed by atoms with Crippen molar-refractivity contribution in [2.75, 3.05) is 18.5 Å². The van der Waals surface area contributed by atoms with Gasteiger partial charge in [0.15, 0.2) is 6.61 Å². The van der Waals surface area contributed by atoms with Crippen molar-refractivity contribution in [3.8, 4) is 0 Å². The van der Waals surface area contributed by atoms with Gasteiger partial charge in [-0.3, -0.25) is 29.6 Å². The molecule has 0 saturated carbocycles. The number of anilines is 1. The maximum Gasteiger partial charge on any atom is 0.311 e. The van der Waals surface area contributed by atoms with E-state index in [-0.39, 0.29) is 23.6 Å². The molecule has 32 heavy (non-hydrogen) atoms. The summed E-state index contributed by atoms with van der Waals surface area (Å²) in [7, 11) is 0. The average Bonchev–Trinajstić information content (AvgIpc) is 3.12. The Labute approximate surface area is 194 Å². The summed E-state index contributed by atoms with van der Waals surface area (Å²) in [5.74, 6) is -2.99. The lowest BCUT2D eigenvalue weighted by Gasteiger charge is -2.17. The fraction of sp³-hybridized carbons (Fsp3) is 0.273. The minimum Gasteiger partial charge on any atom is -0.455 e. The highest BCUT2D eigenvalue weighted by Crippen LogP contribution is 2.23. The van der Waals surface area contributed by atoms with Gasteiger partial charge in [-0.25, -0.2) is 0 Å². The smallest absolute Gasteiger partial charge is 0.311 e. The van der Waals surface area contributed by atoms with E-state index >= 15 is 0 Å². The summed E-state index contributed by atoms with van der Waals surface area (Å²) in [4.78, 5) is 49.0. The summed E-state index contributed by atoms with van der Waals surface area (Å²) >= 11 is 11.7. The third-order valence-electron chi connectivity index (χ3n) is 5.10. The van der Waals surface area contributed by atoms with Crippen molar-refractivity contribution in [1.29, 1.82) is 0 Å². The molecule has 1 saturated heterocycles. The molecule has 0 aromatic heterocycles. The second-order valence-electron chi connectivity index (χ2n) is 7.38. The summed E-state index contributed by atoms with van der Waals surface area (Å²) in [6.45, 7) is 3.26. The molecular weight excluding hydrogens is 457 g/mol. The van der Waals surface area contributed by atoms with E-state index in [1.807, 2.05) is 26.0 Å². The van der Waals surface area contributed by atoms with Crippen LogP contribution >= 0.6 is 23.2 Å². The Kier molecular flexibility index (Phi) is 7.37. The second-order valence-corrected chi connectivity index (χ2v) is 8.19. The first kappa shape index (κ1) is 23.6. The van der Waals surface area contributed by atoms with Crippen LogP contribution < -0.4 is 10.7 Å². The minimum atomic E-state index is -0.801. The summed E-state index contributed by atoms with van der Waals surface area (Å²) < 4.78 is 5.07. The Morgan fingerprint density at radius 1 is 1.12 bits per heavy atom. The number of nitrogens with one attached hydrogen (secondary N) is 2. The molecule has 0 bridgehead atoms. The van der Waals surface area contributed by atoms with Crippen molar-refractivity contribution in [2.24, 2.45) is 5.92 Å². The van der Waals surface area contributed by atoms with E-state index in [1.165, 1.54) is 18.2 Å². The van der Waals surface area contributed by atoms with Gasteiger partial charge in [-0.2, -0.15) is 0 Å². The number of carbonyl (C=O) groups is 4. The molecule has 2 N–H and O–H groups in total. The van der Waals surface area contributed by atoms with Gasteiger partial charge >= 0.3 is 5.97 Å². The number of nitrogens with zero attached hydrogens (tertiary/aromatic N) is 1. The molecule has 0 unspecified atom stereocenters. The van der Waals surface area contributed by atoms with Crippen LogP contribution in [0.15, 0.2) is 36.4 Å². The fourth-order valence-electron chi connectivity index (χ4n) is 3.13. The zero-order valence-electron chi connectivity index (χ0n) is 17.4. The molecule has 8 nitrogen and oxygen atoms in total. The molecule has 2 aromatic carbocycles. The molecule has 1 aliphatic heterocycles. The number of benzene rings is 2. The maximum absolute atomic E-state index is 12.4. The number of rotatable bonds is 6. The van der Waals surface area contributed by atoms with Crippen molar-refractivity contribution in [3.63, 3.8) is 0 Å². The van der Waals surface area contributed by atoms with Crippen LogP contribution in [0.4, 0.5) is 5.69 Å². The highest BCUT2D eigenvalue weighted by molar-refractivity contribution is 6.42. The van der Waals surface area contributed by atoms with E-state index in [1.54, 1.807) is 6.07 Å². The molecule has 1 fully saturated rings. The predicted octanol–water partition coefficient (Wildman–Crippen LogP) is 3.29. The quantitative estimate of drug-likeness (QED) is 0.621. The Morgan fingerprint density at radius 2 is 1.88 bits per heavy atom. The number of ether oxygens (including phenoxy) is 1. The Bertz CT molecular complexity index is 1090. The van der Waals surface area contributed by atoms with Crippen molar-refractivity contribution >= 4 is 52.6 Å². The van der Waals surface area contributed by atoms with Gasteiger partial charge in [-0.05, 0) is 49.2 Å². The van der Waals surface area contributed by atoms with Crippen LogP contribution in [0.5, 0.6) is 0 Å². The number of halogens is 2. The Morgan fingerprint density at radius 3 is 2.59 bits per heavy atom. The van der Waals surface area contributed by atoms with Crippen LogP contribution in [0.1, 0.15) is 27.9 Å². The molecule has 2 aromatic rings. The number of aryl methyl sites for hydroxylation is 1. The minimum absolute atomic E-state index is 0.0661. The number of amides is 3. The summed E-state index contributed by atoms with van der Waals surface area (Å²) in [6, 6.07) is 9.80. The molecule has 0 spiro atoms. The zero-order chi connectivity index (χ0) is 23.4. The lowest BCUT2D eigenvalue weighted by atomic mass is 10.1. The third-order valence-corrected chi connectivity index (χ3v) is 5.84. The fourth-order valence-corrected chi connectivity index (χ4v) is 3.42. The van der Waals surface area contributed by atoms with Crippen molar-refractivity contribution in [3.05, 3.63) is 63.1 Å². The van der Waals surface area contributed by atoms with Crippen molar-refractivity contribution < 1.29 is 23.9 Å². The van der Waals surface area contributed by atoms with Gasteiger partial charge in [0.2, 0.25) is 5.91 Å². The Hall–Kier alpha value is -3.10. The van der Waals surface area contributed by atoms with Crippen LogP contribution in [0.25, 0.3) is 0 Å². The molecule has 3 amide bonds. The molecule has 1 heterocycles. The van der Waals surface area contributed by atoms with Crippen LogP contribution in [0, 0.1) is 19.8 Å². The van der Waals surface area contributed by atoms with Crippen LogP contribution in [0.3, 0.4) is 0 Å². The summed E-state index contributed by atoms with van der Waals surface area (Å²) in [5, 5.41) is 4.24. The molecule has 10 heteroatoms. The van der Waals surface area contributed by atoms with Crippen LogP contribution in [0.2, 0.25) is 10.0 Å². The lowest BCUT2D eigenvalue weighted by Crippen LogP contribution is -2.43. The van der Waals surface area contributed by atoms with E-state index in [9.17, 15) is 19.2 Å². The largest absolute Gasteiger partial charge is 0.455 e. The van der Waals surface area contributed by atoms with E-state index in [0.29, 0.717) is 10.7 Å². The zero-order valence-corrected chi connectivity index (χ0v) is 18.9.